The third-order valence-corrected chi connectivity index (χ3v) is 3.60. The molecule has 0 aliphatic carbocycles. The number of amides is 1. The zero-order chi connectivity index (χ0) is 14.4. The van der Waals surface area contributed by atoms with Gasteiger partial charge in [-0.3, -0.25) is 9.69 Å². The molecule has 1 N–H and O–H groups in total. The SMILES string of the molecule is CNCCCC(=O)N1CCN(Cc2cc(C)on2)CC1.Cl.Cl. The predicted octanol–water partition coefficient (Wildman–Crippen LogP) is 1.47. The first kappa shape index (κ1) is 21.2. The van der Waals surface area contributed by atoms with E-state index in [1.165, 1.54) is 0 Å². The van der Waals surface area contributed by atoms with E-state index in [4.69, 9.17) is 4.52 Å². The van der Waals surface area contributed by atoms with Crippen molar-refractivity contribution in [2.45, 2.75) is 26.3 Å². The predicted molar refractivity (Wildman–Crippen MR) is 90.8 cm³/mol. The van der Waals surface area contributed by atoms with Gasteiger partial charge in [0.25, 0.3) is 0 Å². The van der Waals surface area contributed by atoms with E-state index in [1.54, 1.807) is 0 Å². The van der Waals surface area contributed by atoms with Crippen molar-refractivity contribution in [1.29, 1.82) is 0 Å². The van der Waals surface area contributed by atoms with Crippen molar-refractivity contribution in [1.82, 2.24) is 20.3 Å². The Morgan fingerprint density at radius 2 is 2.00 bits per heavy atom. The zero-order valence-electron chi connectivity index (χ0n) is 13.2. The maximum Gasteiger partial charge on any atom is 0.222 e. The van der Waals surface area contributed by atoms with E-state index in [-0.39, 0.29) is 30.7 Å². The number of piperazine rings is 1. The molecule has 0 atom stereocenters. The Hall–Kier alpha value is -0.820. The minimum atomic E-state index is 0. The molecule has 0 bridgehead atoms. The summed E-state index contributed by atoms with van der Waals surface area (Å²) < 4.78 is 5.07. The minimum absolute atomic E-state index is 0. The molecule has 1 aliphatic rings. The number of aromatic nitrogens is 1. The van der Waals surface area contributed by atoms with Gasteiger partial charge >= 0.3 is 0 Å². The van der Waals surface area contributed by atoms with E-state index >= 15 is 0 Å². The first-order valence-corrected chi connectivity index (χ1v) is 7.26. The van der Waals surface area contributed by atoms with Crippen LogP contribution in [0.1, 0.15) is 24.3 Å². The second-order valence-corrected chi connectivity index (χ2v) is 5.29. The van der Waals surface area contributed by atoms with Gasteiger partial charge in [0.1, 0.15) is 5.76 Å². The van der Waals surface area contributed by atoms with Gasteiger partial charge in [-0.05, 0) is 26.9 Å². The molecule has 0 saturated carbocycles. The zero-order valence-corrected chi connectivity index (χ0v) is 14.8. The monoisotopic (exact) mass is 352 g/mol. The van der Waals surface area contributed by atoms with Crippen LogP contribution in [-0.4, -0.2) is 60.6 Å². The molecule has 0 unspecified atom stereocenters. The Morgan fingerprint density at radius 3 is 2.55 bits per heavy atom. The van der Waals surface area contributed by atoms with Gasteiger partial charge in [-0.25, -0.2) is 0 Å². The third kappa shape index (κ3) is 6.52. The van der Waals surface area contributed by atoms with Crippen LogP contribution in [0.15, 0.2) is 10.6 Å². The molecular weight excluding hydrogens is 327 g/mol. The second kappa shape index (κ2) is 10.8. The minimum Gasteiger partial charge on any atom is -0.361 e. The van der Waals surface area contributed by atoms with Crippen LogP contribution in [0.2, 0.25) is 0 Å². The average Bonchev–Trinajstić information content (AvgIpc) is 2.85. The van der Waals surface area contributed by atoms with Crippen molar-refractivity contribution >= 4 is 30.7 Å². The summed E-state index contributed by atoms with van der Waals surface area (Å²) in [5.41, 5.74) is 0.969. The van der Waals surface area contributed by atoms with E-state index in [1.807, 2.05) is 24.9 Å². The molecule has 0 radical (unpaired) electrons. The van der Waals surface area contributed by atoms with Crippen LogP contribution in [-0.2, 0) is 11.3 Å². The van der Waals surface area contributed by atoms with E-state index < -0.39 is 0 Å². The van der Waals surface area contributed by atoms with Crippen molar-refractivity contribution in [3.8, 4) is 0 Å². The van der Waals surface area contributed by atoms with Gasteiger partial charge in [-0.1, -0.05) is 5.16 Å². The molecule has 1 amide bonds. The molecular formula is C14H26Cl2N4O2. The van der Waals surface area contributed by atoms with Crippen LogP contribution >= 0.6 is 24.8 Å². The lowest BCUT2D eigenvalue weighted by atomic mass is 10.2. The fourth-order valence-electron chi connectivity index (χ4n) is 2.45. The molecule has 0 aromatic carbocycles. The van der Waals surface area contributed by atoms with Crippen molar-refractivity contribution in [3.63, 3.8) is 0 Å². The number of aryl methyl sites for hydroxylation is 1. The Kier molecular flexibility index (Phi) is 10.4. The lowest BCUT2D eigenvalue weighted by Gasteiger charge is -2.34. The van der Waals surface area contributed by atoms with E-state index in [9.17, 15) is 4.79 Å². The van der Waals surface area contributed by atoms with Crippen LogP contribution in [0.3, 0.4) is 0 Å². The summed E-state index contributed by atoms with van der Waals surface area (Å²) >= 11 is 0. The van der Waals surface area contributed by atoms with Crippen molar-refractivity contribution in [2.75, 3.05) is 39.8 Å². The number of nitrogens with one attached hydrogen (secondary N) is 1. The van der Waals surface area contributed by atoms with Crippen molar-refractivity contribution in [2.24, 2.45) is 0 Å². The first-order chi connectivity index (χ1) is 9.69. The number of hydrogen-bond acceptors (Lipinski definition) is 5. The van der Waals surface area contributed by atoms with Gasteiger partial charge in [-0.2, -0.15) is 0 Å². The normalized spacial score (nSPS) is 15.1. The maximum absolute atomic E-state index is 12.0. The average molecular weight is 353 g/mol. The summed E-state index contributed by atoms with van der Waals surface area (Å²) in [6, 6.07) is 1.97. The molecule has 128 valence electrons. The number of halogens is 2. The Balaban J connectivity index is 0.00000220. The smallest absolute Gasteiger partial charge is 0.222 e. The summed E-state index contributed by atoms with van der Waals surface area (Å²) in [5, 5.41) is 7.08. The largest absolute Gasteiger partial charge is 0.361 e. The number of carbonyl (C=O) groups excluding carboxylic acids is 1. The van der Waals surface area contributed by atoms with Crippen LogP contribution in [0.4, 0.5) is 0 Å². The lowest BCUT2D eigenvalue weighted by molar-refractivity contribution is -0.133. The highest BCUT2D eigenvalue weighted by atomic mass is 35.5. The van der Waals surface area contributed by atoms with Crippen LogP contribution in [0.5, 0.6) is 0 Å². The van der Waals surface area contributed by atoms with Crippen molar-refractivity contribution < 1.29 is 9.32 Å². The fraction of sp³-hybridized carbons (Fsp3) is 0.714. The highest BCUT2D eigenvalue weighted by Gasteiger charge is 2.21. The van der Waals surface area contributed by atoms with E-state index in [0.717, 1.165) is 57.1 Å². The Labute approximate surface area is 144 Å². The van der Waals surface area contributed by atoms with Gasteiger partial charge in [0.05, 0.1) is 5.69 Å². The number of hydrogen-bond donors (Lipinski definition) is 1. The van der Waals surface area contributed by atoms with Gasteiger partial charge in [0, 0.05) is 45.2 Å². The van der Waals surface area contributed by atoms with Crippen LogP contribution in [0, 0.1) is 6.92 Å². The van der Waals surface area contributed by atoms with Gasteiger partial charge in [0.2, 0.25) is 5.91 Å². The number of rotatable bonds is 6. The van der Waals surface area contributed by atoms with Gasteiger partial charge in [0.15, 0.2) is 0 Å². The summed E-state index contributed by atoms with van der Waals surface area (Å²) in [5.74, 6) is 1.12. The van der Waals surface area contributed by atoms with Gasteiger partial charge < -0.3 is 14.7 Å². The molecule has 1 aliphatic heterocycles. The Bertz CT molecular complexity index is 434. The maximum atomic E-state index is 12.0. The number of carbonyl (C=O) groups is 1. The van der Waals surface area contributed by atoms with E-state index in [0.29, 0.717) is 6.42 Å². The summed E-state index contributed by atoms with van der Waals surface area (Å²) in [4.78, 5) is 16.3. The summed E-state index contributed by atoms with van der Waals surface area (Å²) in [6.45, 7) is 7.05. The first-order valence-electron chi connectivity index (χ1n) is 7.26. The number of nitrogens with zero attached hydrogens (tertiary/aromatic N) is 3. The molecule has 2 heterocycles. The molecule has 2 rings (SSSR count). The topological polar surface area (TPSA) is 61.6 Å². The highest BCUT2D eigenvalue weighted by Crippen LogP contribution is 2.10. The summed E-state index contributed by atoms with van der Waals surface area (Å²) in [6.07, 6.45) is 1.55. The molecule has 22 heavy (non-hydrogen) atoms. The highest BCUT2D eigenvalue weighted by molar-refractivity contribution is 5.85. The Morgan fingerprint density at radius 1 is 1.32 bits per heavy atom. The molecule has 1 fully saturated rings. The van der Waals surface area contributed by atoms with Crippen LogP contribution in [0.25, 0.3) is 0 Å². The summed E-state index contributed by atoms with van der Waals surface area (Å²) in [7, 11) is 1.91. The van der Waals surface area contributed by atoms with E-state index in [2.05, 4.69) is 15.4 Å². The molecule has 6 nitrogen and oxygen atoms in total. The quantitative estimate of drug-likeness (QED) is 0.785. The third-order valence-electron chi connectivity index (χ3n) is 3.60. The molecule has 1 aromatic rings. The van der Waals surface area contributed by atoms with Gasteiger partial charge in [-0.15, -0.1) is 24.8 Å². The second-order valence-electron chi connectivity index (χ2n) is 5.29. The molecule has 1 saturated heterocycles. The molecule has 8 heteroatoms. The molecule has 1 aromatic heterocycles. The fourth-order valence-corrected chi connectivity index (χ4v) is 2.45. The molecule has 0 spiro atoms. The van der Waals surface area contributed by atoms with Crippen molar-refractivity contribution in [3.05, 3.63) is 17.5 Å². The lowest BCUT2D eigenvalue weighted by Crippen LogP contribution is -2.48. The van der Waals surface area contributed by atoms with Crippen LogP contribution < -0.4 is 5.32 Å². The standard InChI is InChI=1S/C14H24N4O2.2ClH/c1-12-10-13(16-20-12)11-17-6-8-18(9-7-17)14(19)4-3-5-15-2;;/h10,15H,3-9,11H2,1-2H3;2*1H.